The number of hydrogen-bond donors (Lipinski definition) is 0. The fourth-order valence-corrected chi connectivity index (χ4v) is 3.67. The molecule has 0 saturated heterocycles. The second kappa shape index (κ2) is 40.8. The molecule has 0 N–H and O–H groups in total. The van der Waals surface area contributed by atoms with Crippen LogP contribution >= 0.6 is 136 Å². The minimum atomic E-state index is -0.419. The number of carbonyl (C=O) groups is 4. The average molecular weight is 1150 g/mol. The monoisotopic (exact) mass is 1150 g/mol. The van der Waals surface area contributed by atoms with E-state index in [1.54, 1.807) is 26.0 Å². The van der Waals surface area contributed by atoms with Gasteiger partial charge in [0.2, 0.25) is 0 Å². The summed E-state index contributed by atoms with van der Waals surface area (Å²) in [5.41, 5.74) is 2.73. The van der Waals surface area contributed by atoms with Crippen molar-refractivity contribution in [1.29, 1.82) is 0 Å². The molecular formula is C30H70I4N2O4P4. The number of rotatable bonds is 0. The third-order valence-electron chi connectivity index (χ3n) is 4.91. The Balaban J connectivity index is -0.0000000407. The van der Waals surface area contributed by atoms with Gasteiger partial charge in [-0.15, -0.1) is 95.9 Å². The first kappa shape index (κ1) is 85.4. The van der Waals surface area contributed by atoms with Crippen molar-refractivity contribution >= 4 is 170 Å². The minimum absolute atomic E-state index is 0. The summed E-state index contributed by atoms with van der Waals surface area (Å²) >= 11 is 0. The molecule has 2 heterocycles. The SMILES string of the molecule is C.C.C.C.CC.CC.CC.CC.Cc1cc2c3c(c(C)cc4c3c1C(=O)N(C)C4=O)C(=O)N(C)C2=O.I.I.I.I.P.P.P.P. The van der Waals surface area contributed by atoms with Crippen molar-refractivity contribution in [2.24, 2.45) is 0 Å². The molecule has 2 aliphatic rings. The van der Waals surface area contributed by atoms with Gasteiger partial charge in [0, 0.05) is 36.0 Å². The third kappa shape index (κ3) is 16.3. The Morgan fingerprint density at radius 2 is 0.614 bits per heavy atom. The lowest BCUT2D eigenvalue weighted by Gasteiger charge is -2.31. The number of imide groups is 2. The highest BCUT2D eigenvalue weighted by atomic mass is 127. The Morgan fingerprint density at radius 3 is 0.795 bits per heavy atom. The Kier molecular flexibility index (Phi) is 79.1. The maximum atomic E-state index is 12.6. The van der Waals surface area contributed by atoms with Gasteiger partial charge in [0.15, 0.2) is 0 Å². The molecule has 0 bridgehead atoms. The molecule has 2 aromatic rings. The first-order valence-corrected chi connectivity index (χ1v) is 11.5. The van der Waals surface area contributed by atoms with Gasteiger partial charge in [-0.25, -0.2) is 0 Å². The van der Waals surface area contributed by atoms with E-state index < -0.39 is 23.6 Å². The highest BCUT2D eigenvalue weighted by molar-refractivity contribution is 14.0. The molecule has 4 atom stereocenters. The second-order valence-electron chi connectivity index (χ2n) is 6.32. The summed E-state index contributed by atoms with van der Waals surface area (Å²) in [5, 5.41) is 0.849. The van der Waals surface area contributed by atoms with Crippen LogP contribution in [-0.4, -0.2) is 47.5 Å². The maximum Gasteiger partial charge on any atom is 0.261 e. The Morgan fingerprint density at radius 1 is 0.432 bits per heavy atom. The number of carbonyl (C=O) groups excluding carboxylic acids is 4. The molecule has 6 nitrogen and oxygen atoms in total. The molecule has 4 amide bonds. The van der Waals surface area contributed by atoms with Crippen molar-refractivity contribution in [1.82, 2.24) is 9.80 Å². The Bertz CT molecular complexity index is 994. The predicted molar refractivity (Wildman–Crippen MR) is 265 cm³/mol. The van der Waals surface area contributed by atoms with Gasteiger partial charge in [-0.05, 0) is 37.1 Å². The standard InChI is InChI=1S/C18H14N2O4.4C2H6.4CH4.4HI.4H3P/c1-7-5-9-14-12(18(24)20(4)15(9)21)8(2)6-10-13(14)11(7)17(23)19(3)16(10)22;4*1-2;;;;;;;;;;;;/h5-6H,1-4H3;4*1-2H3;4*1H4;4*1H;4*1H3. The molecule has 4 unspecified atom stereocenters. The topological polar surface area (TPSA) is 74.8 Å². The lowest BCUT2D eigenvalue weighted by atomic mass is 9.82. The van der Waals surface area contributed by atoms with Crippen molar-refractivity contribution in [3.63, 3.8) is 0 Å². The number of benzene rings is 2. The molecule has 272 valence electrons. The molecule has 14 heteroatoms. The molecule has 0 saturated carbocycles. The zero-order valence-electron chi connectivity index (χ0n) is 26.1. The molecule has 4 rings (SSSR count). The van der Waals surface area contributed by atoms with Crippen molar-refractivity contribution < 1.29 is 19.2 Å². The second-order valence-corrected chi connectivity index (χ2v) is 6.32. The predicted octanol–water partition coefficient (Wildman–Crippen LogP) is 11.3. The van der Waals surface area contributed by atoms with E-state index in [1.807, 2.05) is 55.4 Å². The molecule has 44 heavy (non-hydrogen) atoms. The summed E-state index contributed by atoms with van der Waals surface area (Å²) in [6.07, 6.45) is 0. The summed E-state index contributed by atoms with van der Waals surface area (Å²) in [4.78, 5) is 52.5. The fraction of sp³-hybridized carbons (Fsp3) is 0.533. The van der Waals surface area contributed by atoms with Gasteiger partial charge in [-0.2, -0.15) is 39.6 Å². The first-order chi connectivity index (χ1) is 15.3. The number of nitrogens with zero attached hydrogens (tertiary/aromatic N) is 2. The quantitative estimate of drug-likeness (QED) is 0.150. The summed E-state index contributed by atoms with van der Waals surface area (Å²) in [6, 6.07) is 3.27. The van der Waals surface area contributed by atoms with E-state index in [-0.39, 0.29) is 165 Å². The van der Waals surface area contributed by atoms with Crippen molar-refractivity contribution in [3.8, 4) is 0 Å². The summed E-state index contributed by atoms with van der Waals surface area (Å²) in [6.45, 7) is 19.5. The highest BCUT2D eigenvalue weighted by Crippen LogP contribution is 2.40. The van der Waals surface area contributed by atoms with E-state index in [0.717, 1.165) is 9.80 Å². The molecule has 0 fully saturated rings. The molecule has 2 aromatic carbocycles. The molecule has 0 aromatic heterocycles. The van der Waals surface area contributed by atoms with E-state index >= 15 is 0 Å². The summed E-state index contributed by atoms with van der Waals surface area (Å²) < 4.78 is 0. The normalized spacial score (nSPS) is 9.55. The fourth-order valence-electron chi connectivity index (χ4n) is 3.67. The van der Waals surface area contributed by atoms with Gasteiger partial charge in [-0.1, -0.05) is 85.1 Å². The smallest absolute Gasteiger partial charge is 0.261 e. The maximum absolute atomic E-state index is 12.6. The van der Waals surface area contributed by atoms with Crippen LogP contribution in [-0.2, 0) is 0 Å². The van der Waals surface area contributed by atoms with Gasteiger partial charge >= 0.3 is 0 Å². The summed E-state index contributed by atoms with van der Waals surface area (Å²) in [5.74, 6) is -1.66. The molecular weight excluding hydrogens is 1080 g/mol. The van der Waals surface area contributed by atoms with Gasteiger partial charge in [0.25, 0.3) is 23.6 Å². The van der Waals surface area contributed by atoms with Crippen molar-refractivity contribution in [2.45, 2.75) is 98.9 Å². The Hall–Kier alpha value is 1.62. The molecule has 0 spiro atoms. The van der Waals surface area contributed by atoms with Gasteiger partial charge < -0.3 is 0 Å². The van der Waals surface area contributed by atoms with Crippen LogP contribution in [0.3, 0.4) is 0 Å². The van der Waals surface area contributed by atoms with E-state index in [1.165, 1.54) is 14.1 Å². The van der Waals surface area contributed by atoms with Gasteiger partial charge in [-0.3, -0.25) is 29.0 Å². The van der Waals surface area contributed by atoms with Gasteiger partial charge in [0.05, 0.1) is 11.1 Å². The van der Waals surface area contributed by atoms with E-state index in [4.69, 9.17) is 0 Å². The highest BCUT2D eigenvalue weighted by Gasteiger charge is 2.39. The van der Waals surface area contributed by atoms with Gasteiger partial charge in [0.1, 0.15) is 0 Å². The third-order valence-corrected chi connectivity index (χ3v) is 4.91. The van der Waals surface area contributed by atoms with Crippen LogP contribution < -0.4 is 0 Å². The van der Waals surface area contributed by atoms with Crippen LogP contribution in [0.25, 0.3) is 10.8 Å². The lowest BCUT2D eigenvalue weighted by Crippen LogP contribution is -2.41. The molecule has 0 aliphatic carbocycles. The summed E-state index contributed by atoms with van der Waals surface area (Å²) in [7, 11) is 2.87. The van der Waals surface area contributed by atoms with Crippen LogP contribution in [0.4, 0.5) is 0 Å². The van der Waals surface area contributed by atoms with Crippen LogP contribution in [0.15, 0.2) is 12.1 Å². The number of halogens is 4. The van der Waals surface area contributed by atoms with Crippen LogP contribution in [0, 0.1) is 13.8 Å². The minimum Gasteiger partial charge on any atom is -0.277 e. The van der Waals surface area contributed by atoms with Crippen LogP contribution in [0.2, 0.25) is 0 Å². The number of hydrogen-bond acceptors (Lipinski definition) is 4. The number of aryl methyl sites for hydroxylation is 2. The zero-order valence-corrected chi connectivity index (χ0v) is 41.1. The van der Waals surface area contributed by atoms with E-state index in [0.29, 0.717) is 44.2 Å². The van der Waals surface area contributed by atoms with Crippen LogP contribution in [0.1, 0.15) is 138 Å². The van der Waals surface area contributed by atoms with Crippen LogP contribution in [0.5, 0.6) is 0 Å². The average Bonchev–Trinajstić information content (AvgIpc) is 2.84. The van der Waals surface area contributed by atoms with E-state index in [9.17, 15) is 19.2 Å². The lowest BCUT2D eigenvalue weighted by molar-refractivity contribution is 0.0628. The largest absolute Gasteiger partial charge is 0.277 e. The Labute approximate surface area is 353 Å². The first-order valence-electron chi connectivity index (χ1n) is 11.5. The molecule has 2 aliphatic heterocycles. The van der Waals surface area contributed by atoms with Crippen molar-refractivity contribution in [2.75, 3.05) is 14.1 Å². The zero-order chi connectivity index (χ0) is 25.5. The number of amides is 4. The van der Waals surface area contributed by atoms with Crippen molar-refractivity contribution in [3.05, 3.63) is 45.5 Å². The molecule has 0 radical (unpaired) electrons. The van der Waals surface area contributed by atoms with E-state index in [2.05, 4.69) is 0 Å².